The van der Waals surface area contributed by atoms with Gasteiger partial charge in [0, 0.05) is 32.3 Å². The van der Waals surface area contributed by atoms with Crippen LogP contribution in [0.2, 0.25) is 0 Å². The highest BCUT2D eigenvalue weighted by Gasteiger charge is 2.35. The third kappa shape index (κ3) is 4.68. The molecule has 3 aliphatic rings. The highest BCUT2D eigenvalue weighted by molar-refractivity contribution is 5.85. The molecule has 1 saturated carbocycles. The van der Waals surface area contributed by atoms with Crippen LogP contribution >= 0.6 is 0 Å². The van der Waals surface area contributed by atoms with Crippen molar-refractivity contribution in [2.75, 3.05) is 34.2 Å². The van der Waals surface area contributed by atoms with Gasteiger partial charge < -0.3 is 20.5 Å². The Hall–Kier alpha value is -1.60. The largest absolute Gasteiger partial charge is 0.346 e. The quantitative estimate of drug-likeness (QED) is 0.659. The molecule has 2 fully saturated rings. The Kier molecular flexibility index (Phi) is 5.17. The first-order chi connectivity index (χ1) is 11.1. The van der Waals surface area contributed by atoms with Gasteiger partial charge in [-0.25, -0.2) is 15.4 Å². The summed E-state index contributed by atoms with van der Waals surface area (Å²) in [6.45, 7) is 2.06. The Balaban J connectivity index is 1.52. The lowest BCUT2D eigenvalue weighted by Crippen LogP contribution is -2.40. The molecule has 0 spiro atoms. The van der Waals surface area contributed by atoms with E-state index in [0.29, 0.717) is 6.04 Å². The van der Waals surface area contributed by atoms with Crippen molar-refractivity contribution in [2.45, 2.75) is 37.9 Å². The molecule has 3 N–H and O–H groups in total. The summed E-state index contributed by atoms with van der Waals surface area (Å²) in [5.41, 5.74) is 6.57. The van der Waals surface area contributed by atoms with Gasteiger partial charge in [-0.3, -0.25) is 0 Å². The van der Waals surface area contributed by atoms with E-state index in [2.05, 4.69) is 47.1 Å². The molecule has 128 valence electrons. The summed E-state index contributed by atoms with van der Waals surface area (Å²) in [7, 11) is 6.27. The van der Waals surface area contributed by atoms with Crippen molar-refractivity contribution in [1.29, 1.82) is 0 Å². The van der Waals surface area contributed by atoms with Crippen molar-refractivity contribution in [3.63, 3.8) is 0 Å². The van der Waals surface area contributed by atoms with Gasteiger partial charge in [0.1, 0.15) is 5.84 Å². The minimum absolute atomic E-state index is 0.134. The van der Waals surface area contributed by atoms with Crippen LogP contribution in [0.1, 0.15) is 25.7 Å². The molecule has 0 aromatic rings. The Labute approximate surface area is 138 Å². The molecule has 7 heteroatoms. The predicted molar refractivity (Wildman–Crippen MR) is 94.1 cm³/mol. The second-order valence-electron chi connectivity index (χ2n) is 6.94. The Morgan fingerprint density at radius 2 is 2.09 bits per heavy atom. The number of rotatable bonds is 6. The molecule has 1 aliphatic carbocycles. The molecule has 3 rings (SSSR count). The van der Waals surface area contributed by atoms with Gasteiger partial charge in [-0.1, -0.05) is 0 Å². The van der Waals surface area contributed by atoms with Crippen molar-refractivity contribution in [1.82, 2.24) is 26.0 Å². The van der Waals surface area contributed by atoms with Crippen molar-refractivity contribution in [3.05, 3.63) is 12.3 Å². The van der Waals surface area contributed by atoms with E-state index in [1.165, 1.54) is 12.8 Å². The number of guanidine groups is 1. The van der Waals surface area contributed by atoms with E-state index in [1.807, 2.05) is 12.3 Å². The van der Waals surface area contributed by atoms with Gasteiger partial charge in [0.05, 0.1) is 0 Å². The summed E-state index contributed by atoms with van der Waals surface area (Å²) < 4.78 is 0. The van der Waals surface area contributed by atoms with E-state index < -0.39 is 0 Å². The number of nitrogens with zero attached hydrogens (tertiary/aromatic N) is 4. The molecule has 2 unspecified atom stereocenters. The van der Waals surface area contributed by atoms with Crippen LogP contribution in [-0.4, -0.2) is 68.0 Å². The fourth-order valence-electron chi connectivity index (χ4n) is 2.94. The lowest BCUT2D eigenvalue weighted by atomic mass is 10.1. The highest BCUT2D eigenvalue weighted by atomic mass is 15.4. The Morgan fingerprint density at radius 1 is 1.26 bits per heavy atom. The van der Waals surface area contributed by atoms with E-state index in [1.54, 1.807) is 0 Å². The average molecular weight is 319 g/mol. The predicted octanol–water partition coefficient (Wildman–Crippen LogP) is 0.344. The van der Waals surface area contributed by atoms with Gasteiger partial charge in [-0.15, -0.1) is 0 Å². The van der Waals surface area contributed by atoms with Gasteiger partial charge in [0.15, 0.2) is 12.1 Å². The minimum atomic E-state index is -0.134. The van der Waals surface area contributed by atoms with Crippen molar-refractivity contribution >= 4 is 11.8 Å². The topological polar surface area (TPSA) is 67.3 Å². The number of hydrogen-bond acceptors (Lipinski definition) is 6. The maximum absolute atomic E-state index is 4.73. The third-order valence-corrected chi connectivity index (χ3v) is 4.49. The van der Waals surface area contributed by atoms with Gasteiger partial charge in [0.2, 0.25) is 0 Å². The molecule has 2 atom stereocenters. The van der Waals surface area contributed by atoms with E-state index in [4.69, 9.17) is 9.98 Å². The summed E-state index contributed by atoms with van der Waals surface area (Å²) in [6.07, 6.45) is 8.61. The molecule has 7 nitrogen and oxygen atoms in total. The van der Waals surface area contributed by atoms with Crippen LogP contribution in [0.4, 0.5) is 0 Å². The molecule has 1 saturated heterocycles. The molecule has 2 heterocycles. The number of aliphatic imine (C=N–C) groups is 2. The first kappa shape index (κ1) is 16.3. The number of hydrogen-bond donors (Lipinski definition) is 3. The van der Waals surface area contributed by atoms with E-state index in [9.17, 15) is 0 Å². The third-order valence-electron chi connectivity index (χ3n) is 4.49. The summed E-state index contributed by atoms with van der Waals surface area (Å²) in [6, 6.07) is 0.552. The van der Waals surface area contributed by atoms with E-state index in [-0.39, 0.29) is 6.17 Å². The molecule has 0 radical (unpaired) electrons. The Morgan fingerprint density at radius 3 is 2.83 bits per heavy atom. The van der Waals surface area contributed by atoms with Crippen LogP contribution in [-0.2, 0) is 0 Å². The maximum atomic E-state index is 4.73. The van der Waals surface area contributed by atoms with E-state index >= 15 is 0 Å². The average Bonchev–Trinajstić information content (AvgIpc) is 3.27. The zero-order chi connectivity index (χ0) is 16.2. The SMILES string of the molecule is CN(C)CCCN(C)C1=NC(N=C2CC(C3CC3)NN2)C=CN1. The first-order valence-corrected chi connectivity index (χ1v) is 8.57. The molecule has 0 amide bonds. The number of amidine groups is 1. The zero-order valence-electron chi connectivity index (χ0n) is 14.4. The standard InChI is InChI=1S/C16H29N7/c1-22(2)9-4-10-23(3)16-17-8-7-14(19-16)18-15-11-13(20-21-15)12-5-6-12/h7-8,12-14,20H,4-6,9-11H2,1-3H3,(H,17,19)(H,18,21). The van der Waals surface area contributed by atoms with Crippen LogP contribution in [0.5, 0.6) is 0 Å². The van der Waals surface area contributed by atoms with E-state index in [0.717, 1.165) is 43.6 Å². The molecule has 0 bridgehead atoms. The highest BCUT2D eigenvalue weighted by Crippen LogP contribution is 2.34. The normalized spacial score (nSPS) is 28.7. The van der Waals surface area contributed by atoms with Crippen LogP contribution < -0.4 is 16.2 Å². The molecular formula is C16H29N7. The molecule has 2 aliphatic heterocycles. The fourth-order valence-corrected chi connectivity index (χ4v) is 2.94. The second-order valence-corrected chi connectivity index (χ2v) is 6.94. The molecule has 0 aromatic heterocycles. The summed E-state index contributed by atoms with van der Waals surface area (Å²) >= 11 is 0. The fraction of sp³-hybridized carbons (Fsp3) is 0.750. The zero-order valence-corrected chi connectivity index (χ0v) is 14.4. The second kappa shape index (κ2) is 7.31. The summed E-state index contributed by atoms with van der Waals surface area (Å²) in [5.74, 6) is 2.75. The first-order valence-electron chi connectivity index (χ1n) is 8.57. The lowest BCUT2D eigenvalue weighted by molar-refractivity contribution is 0.366. The summed E-state index contributed by atoms with van der Waals surface area (Å²) in [4.78, 5) is 13.8. The molecular weight excluding hydrogens is 290 g/mol. The smallest absolute Gasteiger partial charge is 0.200 e. The maximum Gasteiger partial charge on any atom is 0.200 e. The number of nitrogens with one attached hydrogen (secondary N) is 3. The molecule has 0 aromatic carbocycles. The lowest BCUT2D eigenvalue weighted by Gasteiger charge is -2.24. The van der Waals surface area contributed by atoms with Gasteiger partial charge in [-0.2, -0.15) is 0 Å². The van der Waals surface area contributed by atoms with Crippen LogP contribution in [0.25, 0.3) is 0 Å². The van der Waals surface area contributed by atoms with Crippen LogP contribution in [0.15, 0.2) is 22.3 Å². The Bertz CT molecular complexity index is 493. The van der Waals surface area contributed by atoms with Gasteiger partial charge in [0.25, 0.3) is 0 Å². The van der Waals surface area contributed by atoms with Crippen LogP contribution in [0.3, 0.4) is 0 Å². The number of hydrazine groups is 1. The summed E-state index contributed by atoms with van der Waals surface area (Å²) in [5, 5.41) is 3.23. The van der Waals surface area contributed by atoms with Gasteiger partial charge >= 0.3 is 0 Å². The van der Waals surface area contributed by atoms with Crippen molar-refractivity contribution in [2.24, 2.45) is 15.9 Å². The van der Waals surface area contributed by atoms with Crippen LogP contribution in [0, 0.1) is 5.92 Å². The monoisotopic (exact) mass is 319 g/mol. The van der Waals surface area contributed by atoms with Crippen molar-refractivity contribution < 1.29 is 0 Å². The molecule has 23 heavy (non-hydrogen) atoms. The minimum Gasteiger partial charge on any atom is -0.346 e. The van der Waals surface area contributed by atoms with Gasteiger partial charge in [-0.05, 0) is 51.9 Å². The van der Waals surface area contributed by atoms with Crippen molar-refractivity contribution in [3.8, 4) is 0 Å².